The maximum atomic E-state index is 12.6. The summed E-state index contributed by atoms with van der Waals surface area (Å²) in [4.78, 5) is 12.6. The van der Waals surface area contributed by atoms with Crippen LogP contribution in [0.5, 0.6) is 0 Å². The molecule has 2 bridgehead atoms. The number of esters is 1. The van der Waals surface area contributed by atoms with Gasteiger partial charge in [0, 0.05) is 0 Å². The van der Waals surface area contributed by atoms with Gasteiger partial charge in [-0.2, -0.15) is 0 Å². The first-order valence-corrected chi connectivity index (χ1v) is 20.4. The summed E-state index contributed by atoms with van der Waals surface area (Å²) in [6.07, 6.45) is 11.5. The van der Waals surface area contributed by atoms with E-state index in [-0.39, 0.29) is 23.9 Å². The quantitative estimate of drug-likeness (QED) is 0.225. The first-order valence-electron chi connectivity index (χ1n) is 12.9. The number of fused-ring (bicyclic) bond motifs is 2. The van der Waals surface area contributed by atoms with Crippen LogP contribution in [0.4, 0.5) is 0 Å². The molecule has 2 fully saturated rings. The predicted molar refractivity (Wildman–Crippen MR) is 132 cm³/mol. The Hall–Kier alpha value is -0.551. The van der Waals surface area contributed by atoms with Gasteiger partial charge in [-0.25, -0.2) is 0 Å². The normalized spacial score (nSPS) is 25.5. The molecule has 2 aliphatic heterocycles. The molecule has 2 aliphatic rings. The minimum atomic E-state index is -2.40. The van der Waals surface area contributed by atoms with Gasteiger partial charge in [-0.1, -0.05) is 0 Å². The van der Waals surface area contributed by atoms with Crippen molar-refractivity contribution in [2.75, 3.05) is 7.11 Å². The van der Waals surface area contributed by atoms with E-state index in [4.69, 9.17) is 9.47 Å². The standard InChI is InChI=1S/C15H17O3.3C4H9.Sn/c1-17-15(16)14-12(10-5-3-2-4-6-10)9-11-7-8-13(14)18-11;3*1-3-4-2;/h3-6,11-14H,7-9H2,1H3;3*1,3-4H2,2H3;/t11-,12-,13+,14-;;;;/m0..../s1. The van der Waals surface area contributed by atoms with Crippen molar-refractivity contribution >= 4 is 27.9 Å². The van der Waals surface area contributed by atoms with Crippen molar-refractivity contribution in [3.05, 3.63) is 29.8 Å². The summed E-state index contributed by atoms with van der Waals surface area (Å²) in [6.45, 7) is 7.02. The van der Waals surface area contributed by atoms with E-state index in [0.29, 0.717) is 6.10 Å². The second-order valence-electron chi connectivity index (χ2n) is 9.98. The second kappa shape index (κ2) is 12.1. The molecule has 3 rings (SSSR count). The molecule has 0 amide bonds. The zero-order valence-corrected chi connectivity index (χ0v) is 23.2. The molecule has 0 radical (unpaired) electrons. The number of rotatable bonds is 12. The Kier molecular flexibility index (Phi) is 9.76. The van der Waals surface area contributed by atoms with Crippen molar-refractivity contribution in [2.45, 2.75) is 110 Å². The van der Waals surface area contributed by atoms with Crippen LogP contribution in [-0.4, -0.2) is 43.7 Å². The molecule has 31 heavy (non-hydrogen) atoms. The average Bonchev–Trinajstić information content (AvgIpc) is 3.19. The van der Waals surface area contributed by atoms with Crippen LogP contribution >= 0.6 is 0 Å². The third-order valence-corrected chi connectivity index (χ3v) is 23.6. The molecule has 3 nitrogen and oxygen atoms in total. The van der Waals surface area contributed by atoms with Crippen molar-refractivity contribution in [3.63, 3.8) is 0 Å². The third-order valence-electron chi connectivity index (χ3n) is 7.94. The summed E-state index contributed by atoms with van der Waals surface area (Å²) in [7, 11) is 1.52. The molecule has 0 spiro atoms. The molecule has 4 atom stereocenters. The fourth-order valence-electron chi connectivity index (χ4n) is 6.09. The van der Waals surface area contributed by atoms with Gasteiger partial charge in [-0.15, -0.1) is 0 Å². The number of methoxy groups -OCH3 is 1. The van der Waals surface area contributed by atoms with Crippen LogP contribution in [0.1, 0.15) is 90.0 Å². The number of benzene rings is 1. The minimum absolute atomic E-state index is 0.0350. The van der Waals surface area contributed by atoms with E-state index in [1.165, 1.54) is 64.5 Å². The fourth-order valence-corrected chi connectivity index (χ4v) is 22.0. The molecule has 2 heterocycles. The predicted octanol–water partition coefficient (Wildman–Crippen LogP) is 6.57. The van der Waals surface area contributed by atoms with Gasteiger partial charge in [-0.05, 0) is 0 Å². The van der Waals surface area contributed by atoms with Crippen molar-refractivity contribution in [3.8, 4) is 0 Å². The van der Waals surface area contributed by atoms with Crippen LogP contribution in [-0.2, 0) is 14.3 Å². The van der Waals surface area contributed by atoms with Crippen molar-refractivity contribution in [2.24, 2.45) is 5.92 Å². The van der Waals surface area contributed by atoms with Crippen LogP contribution in [0, 0.1) is 5.92 Å². The molecule has 0 aliphatic carbocycles. The monoisotopic (exact) mass is 536 g/mol. The Balaban J connectivity index is 1.88. The molecule has 1 aromatic rings. The molecule has 0 saturated carbocycles. The van der Waals surface area contributed by atoms with Crippen LogP contribution in [0.2, 0.25) is 13.3 Å². The van der Waals surface area contributed by atoms with Gasteiger partial charge in [0.2, 0.25) is 0 Å². The molecular weight excluding hydrogens is 491 g/mol. The van der Waals surface area contributed by atoms with Gasteiger partial charge in [0.25, 0.3) is 0 Å². The van der Waals surface area contributed by atoms with E-state index in [2.05, 4.69) is 45.0 Å². The summed E-state index contributed by atoms with van der Waals surface area (Å²) >= 11 is -2.40. The first-order chi connectivity index (χ1) is 15.1. The summed E-state index contributed by atoms with van der Waals surface area (Å²) in [5, 5.41) is 0. The molecule has 4 heteroatoms. The van der Waals surface area contributed by atoms with Crippen LogP contribution < -0.4 is 3.58 Å². The van der Waals surface area contributed by atoms with Gasteiger partial charge in [0.05, 0.1) is 0 Å². The maximum absolute atomic E-state index is 12.6. The Morgan fingerprint density at radius 1 is 0.968 bits per heavy atom. The van der Waals surface area contributed by atoms with Crippen LogP contribution in [0.25, 0.3) is 0 Å². The topological polar surface area (TPSA) is 35.5 Å². The fraction of sp³-hybridized carbons (Fsp3) is 0.741. The van der Waals surface area contributed by atoms with E-state index >= 15 is 0 Å². The van der Waals surface area contributed by atoms with Crippen molar-refractivity contribution < 1.29 is 14.3 Å². The van der Waals surface area contributed by atoms with E-state index in [1.807, 2.05) is 0 Å². The number of ether oxygens (including phenoxy) is 2. The van der Waals surface area contributed by atoms with Gasteiger partial charge in [0.15, 0.2) is 0 Å². The van der Waals surface area contributed by atoms with E-state index < -0.39 is 18.4 Å². The third kappa shape index (κ3) is 5.88. The van der Waals surface area contributed by atoms with Gasteiger partial charge in [-0.3, -0.25) is 0 Å². The zero-order chi connectivity index (χ0) is 22.3. The summed E-state index contributed by atoms with van der Waals surface area (Å²) in [5.74, 6) is -0.00999. The van der Waals surface area contributed by atoms with Gasteiger partial charge >= 0.3 is 195 Å². The number of hydrogen-bond donors (Lipinski definition) is 0. The van der Waals surface area contributed by atoms with E-state index in [0.717, 1.165) is 19.3 Å². The molecular formula is C27H44O3Sn. The molecule has 0 N–H and O–H groups in total. The Morgan fingerprint density at radius 3 is 2.06 bits per heavy atom. The Morgan fingerprint density at radius 2 is 1.55 bits per heavy atom. The summed E-state index contributed by atoms with van der Waals surface area (Å²) in [6, 6.07) is 9.71. The van der Waals surface area contributed by atoms with Crippen molar-refractivity contribution in [1.82, 2.24) is 0 Å². The molecule has 0 unspecified atom stereocenters. The van der Waals surface area contributed by atoms with Crippen LogP contribution in [0.15, 0.2) is 24.3 Å². The number of carbonyl (C=O) groups excluding carboxylic acids is 1. The van der Waals surface area contributed by atoms with Crippen LogP contribution in [0.3, 0.4) is 0 Å². The number of carbonyl (C=O) groups is 1. The average molecular weight is 535 g/mol. The molecule has 174 valence electrons. The van der Waals surface area contributed by atoms with E-state index in [9.17, 15) is 4.79 Å². The molecule has 0 aromatic heterocycles. The zero-order valence-electron chi connectivity index (χ0n) is 20.3. The molecule has 2 saturated heterocycles. The van der Waals surface area contributed by atoms with E-state index in [1.54, 1.807) is 3.58 Å². The number of hydrogen-bond acceptors (Lipinski definition) is 3. The SMILES string of the molecule is CCC[CH2][Sn]([CH2]CCC)([CH2]CCC)[c]1ccc([C@@H]2C[C@@H]3CC[C@@H](O3)[C@H]2C(=O)OC)cc1. The number of unbranched alkanes of at least 4 members (excludes halogenated alkanes) is 3. The second-order valence-corrected chi connectivity index (χ2v) is 23.2. The molecule has 1 aromatic carbocycles. The van der Waals surface area contributed by atoms with Gasteiger partial charge < -0.3 is 0 Å². The first kappa shape index (κ1) is 25.1. The Bertz CT molecular complexity index is 664. The summed E-state index contributed by atoms with van der Waals surface area (Å²) < 4.78 is 17.5. The summed E-state index contributed by atoms with van der Waals surface area (Å²) in [5.41, 5.74) is 1.32. The Labute approximate surface area is 194 Å². The van der Waals surface area contributed by atoms with Crippen molar-refractivity contribution in [1.29, 1.82) is 0 Å². The van der Waals surface area contributed by atoms with Gasteiger partial charge in [0.1, 0.15) is 0 Å².